The molecule has 0 bridgehead atoms. The van der Waals surface area contributed by atoms with Gasteiger partial charge in [-0.2, -0.15) is 4.39 Å². The third kappa shape index (κ3) is 7.21. The first-order valence-corrected chi connectivity index (χ1v) is 17.7. The third-order valence-electron chi connectivity index (χ3n) is 10.6. The molecule has 2 aromatic heterocycles. The van der Waals surface area contributed by atoms with E-state index in [1.54, 1.807) is 0 Å². The number of piperidine rings is 1. The number of nitrogens with zero attached hydrogens (tertiary/aromatic N) is 5. The molecule has 2 fully saturated rings. The number of likely N-dealkylation sites (tertiary alicyclic amines) is 1. The number of nitrogens with two attached hydrogens (primary N) is 1. The summed E-state index contributed by atoms with van der Waals surface area (Å²) in [4.78, 5) is 30.5. The van der Waals surface area contributed by atoms with Crippen LogP contribution in [0.15, 0.2) is 67.0 Å². The number of β-amino-alcohol motifs (C(OH)–C–C–N with tert-alkyl or cyclic N) is 1. The first-order chi connectivity index (χ1) is 24.2. The molecule has 0 unspecified atom stereocenters. The Morgan fingerprint density at radius 2 is 1.76 bits per heavy atom. The van der Waals surface area contributed by atoms with Gasteiger partial charge in [-0.1, -0.05) is 44.2 Å². The summed E-state index contributed by atoms with van der Waals surface area (Å²) >= 11 is 0. The Bertz CT molecular complexity index is 1810. The first-order valence-electron chi connectivity index (χ1n) is 17.7. The largest absolute Gasteiger partial charge is 0.395 e. The van der Waals surface area contributed by atoms with Crippen molar-refractivity contribution in [2.24, 2.45) is 0 Å². The zero-order valence-corrected chi connectivity index (χ0v) is 28.8. The van der Waals surface area contributed by atoms with E-state index in [9.17, 15) is 14.3 Å². The molecule has 4 aromatic rings. The molecule has 0 spiro atoms. The van der Waals surface area contributed by atoms with Gasteiger partial charge in [0, 0.05) is 55.1 Å². The number of anilines is 2. The van der Waals surface area contributed by atoms with Crippen LogP contribution in [0.1, 0.15) is 67.6 Å². The minimum absolute atomic E-state index is 0.0234. The molecular formula is C39H46FN7O3. The molecule has 2 aromatic carbocycles. The second-order valence-electron chi connectivity index (χ2n) is 14.5. The van der Waals surface area contributed by atoms with Gasteiger partial charge in [-0.15, -0.1) is 0 Å². The van der Waals surface area contributed by atoms with E-state index in [1.165, 1.54) is 46.9 Å². The summed E-state index contributed by atoms with van der Waals surface area (Å²) in [7, 11) is 0. The number of benzene rings is 2. The Morgan fingerprint density at radius 3 is 2.50 bits per heavy atom. The number of aromatic nitrogens is 3. The first kappa shape index (κ1) is 34.0. The molecule has 1 aliphatic carbocycles. The van der Waals surface area contributed by atoms with Crippen LogP contribution in [0, 0.1) is 5.95 Å². The van der Waals surface area contributed by atoms with E-state index in [-0.39, 0.29) is 35.7 Å². The van der Waals surface area contributed by atoms with Gasteiger partial charge in [0.25, 0.3) is 5.91 Å². The van der Waals surface area contributed by atoms with Crippen LogP contribution in [-0.4, -0.2) is 81.8 Å². The van der Waals surface area contributed by atoms with Gasteiger partial charge in [-0.05, 0) is 78.6 Å². The maximum atomic E-state index is 13.3. The van der Waals surface area contributed by atoms with Crippen LogP contribution in [0.4, 0.5) is 15.9 Å². The van der Waals surface area contributed by atoms with Gasteiger partial charge in [0.2, 0.25) is 5.95 Å². The fraction of sp³-hybridized carbons (Fsp3) is 0.436. The van der Waals surface area contributed by atoms with Crippen molar-refractivity contribution in [2.45, 2.75) is 76.2 Å². The number of rotatable bonds is 10. The summed E-state index contributed by atoms with van der Waals surface area (Å²) in [5.41, 5.74) is 13.3. The lowest BCUT2D eigenvalue weighted by Gasteiger charge is -2.38. The second-order valence-corrected chi connectivity index (χ2v) is 14.5. The fourth-order valence-corrected chi connectivity index (χ4v) is 7.78. The van der Waals surface area contributed by atoms with Gasteiger partial charge in [-0.3, -0.25) is 4.79 Å². The number of fused-ring (bicyclic) bond motifs is 1. The van der Waals surface area contributed by atoms with E-state index < -0.39 is 11.9 Å². The molecule has 262 valence electrons. The minimum atomic E-state index is -0.600. The smallest absolute Gasteiger partial charge is 0.274 e. The van der Waals surface area contributed by atoms with Crippen LogP contribution < -0.4 is 16.0 Å². The Balaban J connectivity index is 0.967. The fourth-order valence-electron chi connectivity index (χ4n) is 7.78. The lowest BCUT2D eigenvalue weighted by atomic mass is 9.85. The Morgan fingerprint density at radius 1 is 1.00 bits per heavy atom. The number of nitrogen functional groups attached to an aromatic ring is 1. The van der Waals surface area contributed by atoms with Crippen molar-refractivity contribution in [2.75, 3.05) is 43.4 Å². The molecular weight excluding hydrogens is 633 g/mol. The number of carbonyl (C=O) groups is 1. The number of halogens is 1. The van der Waals surface area contributed by atoms with E-state index >= 15 is 0 Å². The predicted octanol–water partition coefficient (Wildman–Crippen LogP) is 5.35. The maximum absolute atomic E-state index is 13.3. The number of aliphatic hydroxyl groups is 1. The monoisotopic (exact) mass is 679 g/mol. The zero-order valence-electron chi connectivity index (χ0n) is 28.8. The molecule has 50 heavy (non-hydrogen) atoms. The van der Waals surface area contributed by atoms with E-state index in [2.05, 4.69) is 86.4 Å². The number of nitrogens with one attached hydrogen (secondary N) is 1. The normalized spacial score (nSPS) is 20.6. The van der Waals surface area contributed by atoms with E-state index in [1.807, 2.05) is 0 Å². The SMILES string of the molecule is CC1(C)CN(C2CCN(CCO)CC2)c2ccc(-c3ccc(CO[C@H]4CCC[C@@H]4NC(=O)c4nc(-c5ccc(F)nc5)cnc4N)cc3)cc21. The topological polar surface area (TPSA) is 130 Å². The van der Waals surface area contributed by atoms with Crippen LogP contribution in [0.2, 0.25) is 0 Å². The minimum Gasteiger partial charge on any atom is -0.395 e. The summed E-state index contributed by atoms with van der Waals surface area (Å²) < 4.78 is 19.6. The number of pyridine rings is 1. The number of aliphatic hydroxyl groups excluding tert-OH is 1. The Kier molecular flexibility index (Phi) is 9.81. The van der Waals surface area contributed by atoms with Gasteiger partial charge in [0.05, 0.1) is 37.3 Å². The van der Waals surface area contributed by atoms with Gasteiger partial charge in [0.1, 0.15) is 0 Å². The van der Waals surface area contributed by atoms with E-state index in [4.69, 9.17) is 10.5 Å². The lowest BCUT2D eigenvalue weighted by molar-refractivity contribution is 0.0271. The number of hydrogen-bond donors (Lipinski definition) is 3. The average molecular weight is 680 g/mol. The molecule has 1 saturated heterocycles. The highest BCUT2D eigenvalue weighted by molar-refractivity contribution is 5.97. The Hall–Kier alpha value is -4.45. The molecule has 2 atom stereocenters. The summed E-state index contributed by atoms with van der Waals surface area (Å²) in [5.74, 6) is -0.991. The van der Waals surface area contributed by atoms with Gasteiger partial charge in [-0.25, -0.2) is 15.0 Å². The number of hydrogen-bond acceptors (Lipinski definition) is 9. The Labute approximate surface area is 292 Å². The number of amides is 1. The molecule has 1 saturated carbocycles. The molecule has 4 N–H and O–H groups in total. The van der Waals surface area contributed by atoms with E-state index in [0.29, 0.717) is 23.9 Å². The van der Waals surface area contributed by atoms with Crippen LogP contribution in [-0.2, 0) is 16.8 Å². The molecule has 2 aliphatic heterocycles. The average Bonchev–Trinajstić information content (AvgIpc) is 3.68. The van der Waals surface area contributed by atoms with Gasteiger partial charge >= 0.3 is 0 Å². The molecule has 7 rings (SSSR count). The molecule has 10 nitrogen and oxygen atoms in total. The van der Waals surface area contributed by atoms with Crippen LogP contribution in [0.3, 0.4) is 0 Å². The summed E-state index contributed by atoms with van der Waals surface area (Å²) in [5, 5.41) is 12.4. The van der Waals surface area contributed by atoms with Crippen LogP contribution >= 0.6 is 0 Å². The van der Waals surface area contributed by atoms with Crippen molar-refractivity contribution in [1.82, 2.24) is 25.2 Å². The standard InChI is InChI=1S/C39H46FN7O3/c1-39(2)24-47(29-14-16-46(17-15-29)18-19-48)33-12-10-27(20-30(33)39)26-8-6-25(7-9-26)23-50-34-5-3-4-31(34)45-38(49)36-37(41)43-22-32(44-36)28-11-13-35(40)42-21-28/h6-13,20-22,29,31,34,48H,3-5,14-19,23-24H2,1-2H3,(H2,41,43)(H,45,49)/t31-,34-/m0/s1. The molecule has 4 heterocycles. The van der Waals surface area contributed by atoms with Crippen LogP contribution in [0.5, 0.6) is 0 Å². The summed E-state index contributed by atoms with van der Waals surface area (Å²) in [6.45, 7) is 9.24. The van der Waals surface area contributed by atoms with Crippen molar-refractivity contribution < 1.29 is 19.0 Å². The maximum Gasteiger partial charge on any atom is 0.274 e. The van der Waals surface area contributed by atoms with Crippen molar-refractivity contribution in [3.63, 3.8) is 0 Å². The van der Waals surface area contributed by atoms with E-state index in [0.717, 1.165) is 63.8 Å². The van der Waals surface area contributed by atoms with Gasteiger partial charge < -0.3 is 30.7 Å². The van der Waals surface area contributed by atoms with Crippen molar-refractivity contribution in [3.05, 3.63) is 89.8 Å². The third-order valence-corrected chi connectivity index (χ3v) is 10.6. The summed E-state index contributed by atoms with van der Waals surface area (Å²) in [6, 6.07) is 18.6. The molecule has 3 aliphatic rings. The molecule has 0 radical (unpaired) electrons. The van der Waals surface area contributed by atoms with Crippen molar-refractivity contribution >= 4 is 17.4 Å². The van der Waals surface area contributed by atoms with Crippen molar-refractivity contribution in [1.29, 1.82) is 0 Å². The highest BCUT2D eigenvalue weighted by Gasteiger charge is 2.39. The lowest BCUT2D eigenvalue weighted by Crippen LogP contribution is -2.46. The summed E-state index contributed by atoms with van der Waals surface area (Å²) in [6.07, 6.45) is 7.48. The highest BCUT2D eigenvalue weighted by Crippen LogP contribution is 2.44. The zero-order chi connectivity index (χ0) is 34.8. The van der Waals surface area contributed by atoms with Crippen LogP contribution in [0.25, 0.3) is 22.4 Å². The number of carbonyl (C=O) groups excluding carboxylic acids is 1. The highest BCUT2D eigenvalue weighted by atomic mass is 19.1. The quantitative estimate of drug-likeness (QED) is 0.190. The number of ether oxygens (including phenoxy) is 1. The predicted molar refractivity (Wildman–Crippen MR) is 192 cm³/mol. The molecule has 11 heteroatoms. The van der Waals surface area contributed by atoms with Gasteiger partial charge in [0.15, 0.2) is 11.5 Å². The van der Waals surface area contributed by atoms with Crippen molar-refractivity contribution in [3.8, 4) is 22.4 Å². The second kappa shape index (κ2) is 14.4. The molecule has 1 amide bonds.